The molecule has 0 atom stereocenters. The third-order valence-corrected chi connectivity index (χ3v) is 4.50. The summed E-state index contributed by atoms with van der Waals surface area (Å²) in [5.74, 6) is 0. The second-order valence-electron chi connectivity index (χ2n) is 4.94. The predicted molar refractivity (Wildman–Crippen MR) is 84.8 cm³/mol. The van der Waals surface area contributed by atoms with Crippen LogP contribution in [0.5, 0.6) is 0 Å². The molecule has 1 aromatic carbocycles. The van der Waals surface area contributed by atoms with Crippen molar-refractivity contribution in [1.29, 1.82) is 0 Å². The highest BCUT2D eigenvalue weighted by Crippen LogP contribution is 2.18. The van der Waals surface area contributed by atoms with Crippen molar-refractivity contribution in [3.63, 3.8) is 0 Å². The van der Waals surface area contributed by atoms with E-state index in [1.54, 1.807) is 18.2 Å². The standard InChI is InChI=1S/C15H21N3O2S/c1-3-4-12-5-7-13(8-6-12)18-21(19,20)15-9-14(10-16-2)17-11-15/h5-9,11,16-18H,3-4,10H2,1-2H3. The van der Waals surface area contributed by atoms with Gasteiger partial charge in [0.1, 0.15) is 4.90 Å². The molecule has 0 fully saturated rings. The van der Waals surface area contributed by atoms with Crippen molar-refractivity contribution in [2.24, 2.45) is 0 Å². The molecule has 1 aromatic heterocycles. The summed E-state index contributed by atoms with van der Waals surface area (Å²) in [5.41, 5.74) is 2.61. The predicted octanol–water partition coefficient (Wildman–Crippen LogP) is 2.49. The Kier molecular flexibility index (Phi) is 5.03. The van der Waals surface area contributed by atoms with Crippen LogP contribution >= 0.6 is 0 Å². The number of aryl methyl sites for hydroxylation is 1. The highest BCUT2D eigenvalue weighted by Gasteiger charge is 2.16. The SMILES string of the molecule is CCCc1ccc(NS(=O)(=O)c2c[nH]c(CNC)c2)cc1. The second kappa shape index (κ2) is 6.78. The first-order chi connectivity index (χ1) is 10.0. The quantitative estimate of drug-likeness (QED) is 0.736. The summed E-state index contributed by atoms with van der Waals surface area (Å²) in [6, 6.07) is 9.12. The van der Waals surface area contributed by atoms with Crippen LogP contribution in [0.1, 0.15) is 24.6 Å². The fraction of sp³-hybridized carbons (Fsp3) is 0.333. The topological polar surface area (TPSA) is 74.0 Å². The maximum absolute atomic E-state index is 12.3. The Morgan fingerprint density at radius 1 is 1.19 bits per heavy atom. The molecule has 5 nitrogen and oxygen atoms in total. The molecule has 0 unspecified atom stereocenters. The molecule has 2 aromatic rings. The van der Waals surface area contributed by atoms with Gasteiger partial charge >= 0.3 is 0 Å². The number of hydrogen-bond donors (Lipinski definition) is 3. The first-order valence-electron chi connectivity index (χ1n) is 6.99. The molecule has 0 aliphatic heterocycles. The molecule has 1 heterocycles. The van der Waals surface area contributed by atoms with Gasteiger partial charge < -0.3 is 10.3 Å². The van der Waals surface area contributed by atoms with Crippen LogP contribution in [0.2, 0.25) is 0 Å². The van der Waals surface area contributed by atoms with Gasteiger partial charge in [0.15, 0.2) is 0 Å². The number of H-pyrrole nitrogens is 1. The number of nitrogens with one attached hydrogen (secondary N) is 3. The molecule has 0 amide bonds. The number of aromatic amines is 1. The molecule has 0 radical (unpaired) electrons. The van der Waals surface area contributed by atoms with Crippen LogP contribution < -0.4 is 10.0 Å². The van der Waals surface area contributed by atoms with Crippen LogP contribution in [0.4, 0.5) is 5.69 Å². The van der Waals surface area contributed by atoms with Gasteiger partial charge in [0.2, 0.25) is 0 Å². The zero-order chi connectivity index (χ0) is 15.3. The van der Waals surface area contributed by atoms with E-state index in [1.807, 2.05) is 19.2 Å². The molecular weight excluding hydrogens is 286 g/mol. The molecule has 2 rings (SSSR count). The van der Waals surface area contributed by atoms with E-state index in [4.69, 9.17) is 0 Å². The minimum atomic E-state index is -3.54. The Labute approximate surface area is 125 Å². The number of hydrogen-bond acceptors (Lipinski definition) is 3. The number of aromatic nitrogens is 1. The summed E-state index contributed by atoms with van der Waals surface area (Å²) < 4.78 is 27.1. The zero-order valence-corrected chi connectivity index (χ0v) is 13.1. The largest absolute Gasteiger partial charge is 0.363 e. The molecule has 0 saturated carbocycles. The van der Waals surface area contributed by atoms with Crippen LogP contribution in [-0.4, -0.2) is 20.4 Å². The lowest BCUT2D eigenvalue weighted by Crippen LogP contribution is -2.12. The first-order valence-corrected chi connectivity index (χ1v) is 8.47. The van der Waals surface area contributed by atoms with E-state index in [0.29, 0.717) is 12.2 Å². The molecule has 0 aliphatic carbocycles. The van der Waals surface area contributed by atoms with E-state index in [-0.39, 0.29) is 4.90 Å². The van der Waals surface area contributed by atoms with Gasteiger partial charge in [-0.05, 0) is 37.2 Å². The molecule has 0 spiro atoms. The number of benzene rings is 1. The third kappa shape index (κ3) is 4.09. The fourth-order valence-corrected chi connectivity index (χ4v) is 3.18. The van der Waals surface area contributed by atoms with Crippen LogP contribution in [0.25, 0.3) is 0 Å². The molecule has 0 bridgehead atoms. The summed E-state index contributed by atoms with van der Waals surface area (Å²) >= 11 is 0. The summed E-state index contributed by atoms with van der Waals surface area (Å²) in [4.78, 5) is 3.18. The van der Waals surface area contributed by atoms with E-state index in [2.05, 4.69) is 21.9 Å². The number of sulfonamides is 1. The average Bonchev–Trinajstić information content (AvgIpc) is 2.91. The maximum atomic E-state index is 12.3. The van der Waals surface area contributed by atoms with Gasteiger partial charge in [0, 0.05) is 24.1 Å². The van der Waals surface area contributed by atoms with Crippen LogP contribution in [0.3, 0.4) is 0 Å². The van der Waals surface area contributed by atoms with Crippen molar-refractivity contribution >= 4 is 15.7 Å². The van der Waals surface area contributed by atoms with E-state index in [0.717, 1.165) is 18.5 Å². The van der Waals surface area contributed by atoms with Crippen molar-refractivity contribution in [2.75, 3.05) is 11.8 Å². The lowest BCUT2D eigenvalue weighted by atomic mass is 10.1. The first kappa shape index (κ1) is 15.6. The summed E-state index contributed by atoms with van der Waals surface area (Å²) in [6.45, 7) is 2.71. The van der Waals surface area contributed by atoms with E-state index in [9.17, 15) is 8.42 Å². The zero-order valence-electron chi connectivity index (χ0n) is 12.3. The molecular formula is C15H21N3O2S. The van der Waals surface area contributed by atoms with Crippen LogP contribution in [-0.2, 0) is 23.0 Å². The normalized spacial score (nSPS) is 11.5. The van der Waals surface area contributed by atoms with Gasteiger partial charge in [-0.3, -0.25) is 4.72 Å². The molecule has 0 aliphatic rings. The maximum Gasteiger partial charge on any atom is 0.263 e. The lowest BCUT2D eigenvalue weighted by Gasteiger charge is -2.07. The molecule has 21 heavy (non-hydrogen) atoms. The Balaban J connectivity index is 2.12. The Morgan fingerprint density at radius 2 is 1.90 bits per heavy atom. The number of rotatable bonds is 7. The Morgan fingerprint density at radius 3 is 2.52 bits per heavy atom. The van der Waals surface area contributed by atoms with Crippen molar-refractivity contribution in [3.8, 4) is 0 Å². The van der Waals surface area contributed by atoms with Gasteiger partial charge in [-0.1, -0.05) is 25.5 Å². The van der Waals surface area contributed by atoms with Crippen molar-refractivity contribution < 1.29 is 8.42 Å². The van der Waals surface area contributed by atoms with E-state index < -0.39 is 10.0 Å². The lowest BCUT2D eigenvalue weighted by molar-refractivity contribution is 0.601. The summed E-state index contributed by atoms with van der Waals surface area (Å²) in [5, 5.41) is 2.97. The van der Waals surface area contributed by atoms with Gasteiger partial charge in [-0.25, -0.2) is 8.42 Å². The highest BCUT2D eigenvalue weighted by atomic mass is 32.2. The number of anilines is 1. The van der Waals surface area contributed by atoms with Crippen molar-refractivity contribution in [3.05, 3.63) is 47.8 Å². The molecule has 114 valence electrons. The summed E-state index contributed by atoms with van der Waals surface area (Å²) in [7, 11) is -1.73. The minimum absolute atomic E-state index is 0.241. The van der Waals surface area contributed by atoms with E-state index >= 15 is 0 Å². The highest BCUT2D eigenvalue weighted by molar-refractivity contribution is 7.92. The minimum Gasteiger partial charge on any atom is -0.363 e. The smallest absolute Gasteiger partial charge is 0.263 e. The van der Waals surface area contributed by atoms with Crippen LogP contribution in [0, 0.1) is 0 Å². The van der Waals surface area contributed by atoms with Gasteiger partial charge in [-0.2, -0.15) is 0 Å². The monoisotopic (exact) mass is 307 g/mol. The average molecular weight is 307 g/mol. The van der Waals surface area contributed by atoms with Crippen molar-refractivity contribution in [2.45, 2.75) is 31.2 Å². The Bertz CT molecular complexity index is 675. The summed E-state index contributed by atoms with van der Waals surface area (Å²) in [6.07, 6.45) is 3.57. The second-order valence-corrected chi connectivity index (χ2v) is 6.63. The van der Waals surface area contributed by atoms with Crippen LogP contribution in [0.15, 0.2) is 41.4 Å². The van der Waals surface area contributed by atoms with E-state index in [1.165, 1.54) is 11.8 Å². The van der Waals surface area contributed by atoms with Gasteiger partial charge in [-0.15, -0.1) is 0 Å². The molecule has 6 heteroatoms. The Hall–Kier alpha value is -1.79. The molecule has 0 saturated heterocycles. The van der Waals surface area contributed by atoms with Gasteiger partial charge in [0.25, 0.3) is 10.0 Å². The van der Waals surface area contributed by atoms with Crippen molar-refractivity contribution in [1.82, 2.24) is 10.3 Å². The fourth-order valence-electron chi connectivity index (χ4n) is 2.11. The van der Waals surface area contributed by atoms with Gasteiger partial charge in [0.05, 0.1) is 0 Å². The third-order valence-electron chi connectivity index (χ3n) is 3.14. The molecule has 3 N–H and O–H groups in total.